The molecule has 0 aliphatic rings. The van der Waals surface area contributed by atoms with E-state index in [-0.39, 0.29) is 0 Å². The Morgan fingerprint density at radius 1 is 1.56 bits per heavy atom. The monoisotopic (exact) mass is 238 g/mol. The number of aliphatic hydroxyl groups is 1. The van der Waals surface area contributed by atoms with E-state index in [1.807, 2.05) is 18.4 Å². The molecule has 86 valence electrons. The zero-order valence-electron chi connectivity index (χ0n) is 9.47. The van der Waals surface area contributed by atoms with Crippen molar-refractivity contribution in [1.82, 2.24) is 9.78 Å². The SMILES string of the molecule is COc1cnn(C)c1C(O)c1sccc1C. The van der Waals surface area contributed by atoms with Gasteiger partial charge in [0.25, 0.3) is 0 Å². The minimum absolute atomic E-state index is 0.614. The molecule has 0 saturated carbocycles. The van der Waals surface area contributed by atoms with Gasteiger partial charge in [0.05, 0.1) is 13.3 Å². The van der Waals surface area contributed by atoms with Crippen LogP contribution in [0, 0.1) is 6.92 Å². The molecule has 0 aliphatic carbocycles. The van der Waals surface area contributed by atoms with Gasteiger partial charge in [-0.05, 0) is 23.9 Å². The lowest BCUT2D eigenvalue weighted by Crippen LogP contribution is -2.07. The third-order valence-corrected chi connectivity index (χ3v) is 3.65. The summed E-state index contributed by atoms with van der Waals surface area (Å²) in [7, 11) is 3.37. The van der Waals surface area contributed by atoms with Crippen molar-refractivity contribution >= 4 is 11.3 Å². The van der Waals surface area contributed by atoms with Crippen molar-refractivity contribution in [2.45, 2.75) is 13.0 Å². The van der Waals surface area contributed by atoms with Crippen molar-refractivity contribution in [1.29, 1.82) is 0 Å². The second-order valence-electron chi connectivity index (χ2n) is 3.59. The molecule has 1 unspecified atom stereocenters. The first kappa shape index (κ1) is 11.2. The van der Waals surface area contributed by atoms with Crippen molar-refractivity contribution in [3.63, 3.8) is 0 Å². The van der Waals surface area contributed by atoms with Crippen LogP contribution < -0.4 is 4.74 Å². The molecule has 2 rings (SSSR count). The van der Waals surface area contributed by atoms with Gasteiger partial charge in [-0.3, -0.25) is 4.68 Å². The molecule has 0 amide bonds. The molecule has 16 heavy (non-hydrogen) atoms. The first-order chi connectivity index (χ1) is 7.65. The van der Waals surface area contributed by atoms with E-state index < -0.39 is 6.10 Å². The molecule has 0 radical (unpaired) electrons. The Balaban J connectivity index is 2.44. The lowest BCUT2D eigenvalue weighted by Gasteiger charge is -2.12. The molecule has 2 aromatic rings. The standard InChI is InChI=1S/C11H14N2O2S/c1-7-4-5-16-11(7)10(14)9-8(15-3)6-12-13(9)2/h4-6,10,14H,1-3H3. The number of methoxy groups -OCH3 is 1. The molecule has 0 aliphatic heterocycles. The molecular weight excluding hydrogens is 224 g/mol. The summed E-state index contributed by atoms with van der Waals surface area (Å²) in [6, 6.07) is 1.99. The maximum Gasteiger partial charge on any atom is 0.163 e. The van der Waals surface area contributed by atoms with Gasteiger partial charge < -0.3 is 9.84 Å². The van der Waals surface area contributed by atoms with E-state index in [0.29, 0.717) is 11.4 Å². The molecule has 0 saturated heterocycles. The maximum atomic E-state index is 10.3. The van der Waals surface area contributed by atoms with Crippen LogP contribution >= 0.6 is 11.3 Å². The predicted molar refractivity (Wildman–Crippen MR) is 62.9 cm³/mol. The molecule has 1 N–H and O–H groups in total. The van der Waals surface area contributed by atoms with Crippen LogP contribution in [0.5, 0.6) is 5.75 Å². The van der Waals surface area contributed by atoms with Crippen LogP contribution in [0.15, 0.2) is 17.6 Å². The number of nitrogens with zero attached hydrogens (tertiary/aromatic N) is 2. The molecule has 4 nitrogen and oxygen atoms in total. The van der Waals surface area contributed by atoms with Gasteiger partial charge in [0.2, 0.25) is 0 Å². The highest BCUT2D eigenvalue weighted by Gasteiger charge is 2.22. The van der Waals surface area contributed by atoms with Crippen molar-refractivity contribution in [2.24, 2.45) is 7.05 Å². The summed E-state index contributed by atoms with van der Waals surface area (Å²) in [4.78, 5) is 0.932. The number of ether oxygens (including phenoxy) is 1. The molecular formula is C11H14N2O2S. The van der Waals surface area contributed by atoms with E-state index in [0.717, 1.165) is 10.4 Å². The van der Waals surface area contributed by atoms with E-state index in [1.165, 1.54) is 11.3 Å². The highest BCUT2D eigenvalue weighted by molar-refractivity contribution is 7.10. The van der Waals surface area contributed by atoms with Gasteiger partial charge in [0, 0.05) is 11.9 Å². The van der Waals surface area contributed by atoms with Gasteiger partial charge in [0.15, 0.2) is 5.75 Å². The van der Waals surface area contributed by atoms with Crippen LogP contribution in [0.3, 0.4) is 0 Å². The number of hydrogen-bond acceptors (Lipinski definition) is 4. The average molecular weight is 238 g/mol. The lowest BCUT2D eigenvalue weighted by molar-refractivity contribution is 0.207. The minimum atomic E-state index is -0.678. The first-order valence-corrected chi connectivity index (χ1v) is 5.81. The highest BCUT2D eigenvalue weighted by Crippen LogP contribution is 2.33. The third kappa shape index (κ3) is 1.72. The van der Waals surface area contributed by atoms with Crippen molar-refractivity contribution in [3.05, 3.63) is 33.8 Å². The van der Waals surface area contributed by atoms with Crippen LogP contribution in [0.25, 0.3) is 0 Å². The van der Waals surface area contributed by atoms with Gasteiger partial charge in [-0.15, -0.1) is 11.3 Å². The summed E-state index contributed by atoms with van der Waals surface area (Å²) < 4.78 is 6.83. The number of thiophene rings is 1. The fourth-order valence-corrected chi connectivity index (χ4v) is 2.60. The van der Waals surface area contributed by atoms with Gasteiger partial charge in [-0.25, -0.2) is 0 Å². The lowest BCUT2D eigenvalue weighted by atomic mass is 10.1. The molecule has 2 heterocycles. The Bertz CT molecular complexity index is 490. The summed E-state index contributed by atoms with van der Waals surface area (Å²) >= 11 is 1.54. The Labute approximate surface area is 98.1 Å². The van der Waals surface area contributed by atoms with Gasteiger partial charge >= 0.3 is 0 Å². The second-order valence-corrected chi connectivity index (χ2v) is 4.54. The molecule has 0 spiro atoms. The van der Waals surface area contributed by atoms with E-state index >= 15 is 0 Å². The molecule has 2 aromatic heterocycles. The van der Waals surface area contributed by atoms with Crippen LogP contribution in [0.2, 0.25) is 0 Å². The molecule has 1 atom stereocenters. The molecule has 0 aromatic carbocycles. The minimum Gasteiger partial charge on any atom is -0.493 e. The van der Waals surface area contributed by atoms with Crippen molar-refractivity contribution in [3.8, 4) is 5.75 Å². The van der Waals surface area contributed by atoms with Crippen LogP contribution in [-0.2, 0) is 7.05 Å². The highest BCUT2D eigenvalue weighted by atomic mass is 32.1. The fourth-order valence-electron chi connectivity index (χ4n) is 1.68. The first-order valence-electron chi connectivity index (χ1n) is 4.93. The third-order valence-electron chi connectivity index (χ3n) is 2.58. The van der Waals surface area contributed by atoms with Crippen LogP contribution in [-0.4, -0.2) is 22.0 Å². The molecule has 0 bridgehead atoms. The number of aromatic nitrogens is 2. The Morgan fingerprint density at radius 2 is 2.31 bits per heavy atom. The summed E-state index contributed by atoms with van der Waals surface area (Å²) in [6.07, 6.45) is 0.934. The van der Waals surface area contributed by atoms with Crippen LogP contribution in [0.4, 0.5) is 0 Å². The largest absolute Gasteiger partial charge is 0.493 e. The molecule has 0 fully saturated rings. The summed E-state index contributed by atoms with van der Waals surface area (Å²) in [6.45, 7) is 1.98. The van der Waals surface area contributed by atoms with E-state index in [9.17, 15) is 5.11 Å². The van der Waals surface area contributed by atoms with Gasteiger partial charge in [-0.1, -0.05) is 0 Å². The van der Waals surface area contributed by atoms with E-state index in [4.69, 9.17) is 4.74 Å². The zero-order valence-corrected chi connectivity index (χ0v) is 10.3. The van der Waals surface area contributed by atoms with Crippen molar-refractivity contribution in [2.75, 3.05) is 7.11 Å². The normalized spacial score (nSPS) is 12.8. The van der Waals surface area contributed by atoms with Crippen LogP contribution in [0.1, 0.15) is 22.2 Å². The fraction of sp³-hybridized carbons (Fsp3) is 0.364. The smallest absolute Gasteiger partial charge is 0.163 e. The second kappa shape index (κ2) is 4.27. The summed E-state index contributed by atoms with van der Waals surface area (Å²) in [5.41, 5.74) is 1.77. The molecule has 5 heteroatoms. The topological polar surface area (TPSA) is 47.3 Å². The Hall–Kier alpha value is -1.33. The van der Waals surface area contributed by atoms with E-state index in [1.54, 1.807) is 25.0 Å². The summed E-state index contributed by atoms with van der Waals surface area (Å²) in [5.74, 6) is 0.614. The quantitative estimate of drug-likeness (QED) is 0.888. The van der Waals surface area contributed by atoms with Crippen molar-refractivity contribution < 1.29 is 9.84 Å². The maximum absolute atomic E-state index is 10.3. The van der Waals surface area contributed by atoms with Gasteiger partial charge in [0.1, 0.15) is 11.8 Å². The zero-order chi connectivity index (χ0) is 11.7. The number of aryl methyl sites for hydroxylation is 2. The average Bonchev–Trinajstić information content (AvgIpc) is 2.83. The predicted octanol–water partition coefficient (Wildman–Crippen LogP) is 1.88. The number of aliphatic hydroxyl groups excluding tert-OH is 1. The Morgan fingerprint density at radius 3 is 2.88 bits per heavy atom. The Kier molecular flexibility index (Phi) is 2.98. The van der Waals surface area contributed by atoms with Gasteiger partial charge in [-0.2, -0.15) is 5.10 Å². The number of rotatable bonds is 3. The summed E-state index contributed by atoms with van der Waals surface area (Å²) in [5, 5.41) is 16.4. The van der Waals surface area contributed by atoms with E-state index in [2.05, 4.69) is 5.10 Å². The number of hydrogen-bond donors (Lipinski definition) is 1.